The fraction of sp³-hybridized carbons (Fsp3) is 0.943. The number of unbranched alkanes of at least 4 members (excludes halogenated alkanes) is 54. The largest absolute Gasteiger partial charge is 0.481 e. The predicted molar refractivity (Wildman–Crippen MR) is 339 cm³/mol. The van der Waals surface area contributed by atoms with E-state index < -0.39 is 23.9 Å². The lowest BCUT2D eigenvalue weighted by Crippen LogP contribution is -1.93. The van der Waals surface area contributed by atoms with Crippen molar-refractivity contribution < 1.29 is 39.6 Å². The molecule has 0 aromatic heterocycles. The first-order valence-electron chi connectivity index (χ1n) is 35.0. The lowest BCUT2D eigenvalue weighted by Gasteiger charge is -2.03. The average molecular weight is 1110 g/mol. The zero-order valence-electron chi connectivity index (χ0n) is 53.3. The minimum absolute atomic E-state index is 0.345. The Morgan fingerprint density at radius 3 is 0.308 bits per heavy atom. The number of carbonyl (C=O) groups is 4. The van der Waals surface area contributed by atoms with Crippen LogP contribution in [0.25, 0.3) is 0 Å². The molecule has 0 aromatic carbocycles. The number of carboxylic acid groups (broad SMARTS) is 4. The van der Waals surface area contributed by atoms with Gasteiger partial charge in [-0.25, -0.2) is 0 Å². The second-order valence-corrected chi connectivity index (χ2v) is 23.7. The second-order valence-electron chi connectivity index (χ2n) is 23.7. The molecule has 8 nitrogen and oxygen atoms in total. The Morgan fingerprint density at radius 2 is 0.231 bits per heavy atom. The van der Waals surface area contributed by atoms with Crippen LogP contribution in [0.1, 0.15) is 426 Å². The summed E-state index contributed by atoms with van der Waals surface area (Å²) in [7, 11) is 0. The van der Waals surface area contributed by atoms with E-state index in [0.717, 1.165) is 51.4 Å². The summed E-state index contributed by atoms with van der Waals surface area (Å²) in [6, 6.07) is 0. The molecule has 78 heavy (non-hydrogen) atoms. The molecule has 0 fully saturated rings. The summed E-state index contributed by atoms with van der Waals surface area (Å²) < 4.78 is 0. The van der Waals surface area contributed by atoms with E-state index in [2.05, 4.69) is 27.7 Å². The molecule has 0 aliphatic heterocycles. The van der Waals surface area contributed by atoms with Gasteiger partial charge in [0.15, 0.2) is 0 Å². The maximum Gasteiger partial charge on any atom is 0.303 e. The zero-order valence-corrected chi connectivity index (χ0v) is 53.3. The van der Waals surface area contributed by atoms with Crippen LogP contribution in [-0.2, 0) is 19.2 Å². The molecule has 0 spiro atoms. The van der Waals surface area contributed by atoms with Crippen molar-refractivity contribution >= 4 is 23.9 Å². The van der Waals surface area contributed by atoms with E-state index in [1.165, 1.54) is 321 Å². The van der Waals surface area contributed by atoms with Crippen molar-refractivity contribution in [2.45, 2.75) is 426 Å². The molecule has 0 heterocycles. The monoisotopic (exact) mass is 1110 g/mol. The molecule has 0 bridgehead atoms. The summed E-state index contributed by atoms with van der Waals surface area (Å²) in [6.45, 7) is 9.07. The normalized spacial score (nSPS) is 10.8. The Bertz CT molecular complexity index is 1040. The van der Waals surface area contributed by atoms with Gasteiger partial charge in [-0.15, -0.1) is 0 Å². The molecule has 0 saturated carbocycles. The molecule has 8 heteroatoms. The van der Waals surface area contributed by atoms with Gasteiger partial charge in [0.2, 0.25) is 0 Å². The van der Waals surface area contributed by atoms with E-state index >= 15 is 0 Å². The van der Waals surface area contributed by atoms with Gasteiger partial charge < -0.3 is 20.4 Å². The van der Waals surface area contributed by atoms with Crippen molar-refractivity contribution in [1.82, 2.24) is 0 Å². The fourth-order valence-electron chi connectivity index (χ4n) is 10.2. The minimum atomic E-state index is -0.654. The standard InChI is InChI=1S/2C18H36O2.2C17H34O2/c2*1-2-3-4-5-6-7-8-9-10-11-12-13-14-15-16-17-18(19)20;2*1-2-3-4-5-6-7-8-9-10-11-12-13-14-15-16-17(18)19/h2*2-17H2,1H3,(H,19,20);2*2-16H2,1H3,(H,18,19). The molecule has 4 N–H and O–H groups in total. The molecule has 0 saturated heterocycles. The summed E-state index contributed by atoms with van der Waals surface area (Å²) >= 11 is 0. The van der Waals surface area contributed by atoms with Gasteiger partial charge in [-0.3, -0.25) is 19.2 Å². The van der Waals surface area contributed by atoms with Crippen molar-refractivity contribution in [2.24, 2.45) is 0 Å². The zero-order chi connectivity index (χ0) is 58.2. The lowest BCUT2D eigenvalue weighted by atomic mass is 10.0. The van der Waals surface area contributed by atoms with Crippen molar-refractivity contribution in [1.29, 1.82) is 0 Å². The first-order chi connectivity index (χ1) is 38.1. The van der Waals surface area contributed by atoms with Gasteiger partial charge in [0.05, 0.1) is 0 Å². The molecular weight excluding hydrogens is 969 g/mol. The highest BCUT2D eigenvalue weighted by atomic mass is 16.4. The highest BCUT2D eigenvalue weighted by Gasteiger charge is 2.01. The Hall–Kier alpha value is -2.12. The number of hydrogen-bond donors (Lipinski definition) is 4. The molecule has 0 aromatic rings. The Morgan fingerprint density at radius 1 is 0.154 bits per heavy atom. The highest BCUT2D eigenvalue weighted by Crippen LogP contribution is 2.18. The van der Waals surface area contributed by atoms with Crippen LogP contribution >= 0.6 is 0 Å². The summed E-state index contributed by atoms with van der Waals surface area (Å²) in [5.41, 5.74) is 0. The third-order valence-electron chi connectivity index (χ3n) is 15.5. The van der Waals surface area contributed by atoms with Gasteiger partial charge >= 0.3 is 23.9 Å². The van der Waals surface area contributed by atoms with Crippen LogP contribution in [0.4, 0.5) is 0 Å². The number of rotatable bonds is 62. The highest BCUT2D eigenvalue weighted by molar-refractivity contribution is 5.67. The van der Waals surface area contributed by atoms with Crippen LogP contribution in [0.3, 0.4) is 0 Å². The van der Waals surface area contributed by atoms with Crippen LogP contribution < -0.4 is 0 Å². The maximum absolute atomic E-state index is 10.3. The first kappa shape index (κ1) is 82.3. The Labute approximate surface area is 487 Å². The number of hydrogen-bond acceptors (Lipinski definition) is 4. The van der Waals surface area contributed by atoms with E-state index in [4.69, 9.17) is 20.4 Å². The molecular formula is C70H140O8. The molecule has 0 rings (SSSR count). The van der Waals surface area contributed by atoms with Crippen LogP contribution in [-0.4, -0.2) is 44.3 Å². The van der Waals surface area contributed by atoms with E-state index in [-0.39, 0.29) is 0 Å². The summed E-state index contributed by atoms with van der Waals surface area (Å²) in [6.07, 6.45) is 77.9. The molecule has 0 aliphatic carbocycles. The lowest BCUT2D eigenvalue weighted by molar-refractivity contribution is -0.138. The van der Waals surface area contributed by atoms with Crippen LogP contribution in [0.5, 0.6) is 0 Å². The summed E-state index contributed by atoms with van der Waals surface area (Å²) in [5.74, 6) is -2.61. The molecule has 0 unspecified atom stereocenters. The smallest absolute Gasteiger partial charge is 0.303 e. The summed E-state index contributed by atoms with van der Waals surface area (Å²) in [5, 5.41) is 34.0. The van der Waals surface area contributed by atoms with Crippen molar-refractivity contribution in [3.63, 3.8) is 0 Å². The Balaban J connectivity index is -0.000000468. The maximum atomic E-state index is 10.3. The molecule has 0 aliphatic rings. The quantitative estimate of drug-likeness (QED) is 0.0440. The summed E-state index contributed by atoms with van der Waals surface area (Å²) in [4.78, 5) is 41.3. The van der Waals surface area contributed by atoms with Gasteiger partial charge in [0, 0.05) is 25.7 Å². The van der Waals surface area contributed by atoms with Gasteiger partial charge in [-0.2, -0.15) is 0 Å². The molecule has 0 amide bonds. The van der Waals surface area contributed by atoms with E-state index in [9.17, 15) is 19.2 Å². The van der Waals surface area contributed by atoms with Crippen molar-refractivity contribution in [3.8, 4) is 0 Å². The van der Waals surface area contributed by atoms with Gasteiger partial charge in [0.25, 0.3) is 0 Å². The van der Waals surface area contributed by atoms with Crippen LogP contribution in [0, 0.1) is 0 Å². The third kappa shape index (κ3) is 96.2. The van der Waals surface area contributed by atoms with E-state index in [1.807, 2.05) is 0 Å². The van der Waals surface area contributed by atoms with Crippen molar-refractivity contribution in [3.05, 3.63) is 0 Å². The minimum Gasteiger partial charge on any atom is -0.481 e. The van der Waals surface area contributed by atoms with Gasteiger partial charge in [-0.05, 0) is 25.7 Å². The van der Waals surface area contributed by atoms with Gasteiger partial charge in [0.1, 0.15) is 0 Å². The second kappa shape index (κ2) is 79.1. The number of carboxylic acids is 4. The Kier molecular flexibility index (Phi) is 83.5. The molecule has 0 radical (unpaired) electrons. The van der Waals surface area contributed by atoms with E-state index in [0.29, 0.717) is 25.7 Å². The molecule has 0 atom stereocenters. The number of aliphatic carboxylic acids is 4. The fourth-order valence-corrected chi connectivity index (χ4v) is 10.2. The van der Waals surface area contributed by atoms with Crippen LogP contribution in [0.2, 0.25) is 0 Å². The SMILES string of the molecule is CCCCCCCCCCCCCCCCC(=O)O.CCCCCCCCCCCCCCCCC(=O)O.CCCCCCCCCCCCCCCCCC(=O)O.CCCCCCCCCCCCCCCCCC(=O)O. The van der Waals surface area contributed by atoms with Crippen molar-refractivity contribution in [2.75, 3.05) is 0 Å². The molecule has 468 valence electrons. The third-order valence-corrected chi connectivity index (χ3v) is 15.5. The van der Waals surface area contributed by atoms with E-state index in [1.54, 1.807) is 0 Å². The predicted octanol–water partition coefficient (Wildman–Crippen LogP) is 24.5. The van der Waals surface area contributed by atoms with Gasteiger partial charge in [-0.1, -0.05) is 374 Å². The first-order valence-corrected chi connectivity index (χ1v) is 35.0. The average Bonchev–Trinajstić information content (AvgIpc) is 3.41. The van der Waals surface area contributed by atoms with Crippen LogP contribution in [0.15, 0.2) is 0 Å². The topological polar surface area (TPSA) is 149 Å².